The quantitative estimate of drug-likeness (QED) is 0.222. The number of ether oxygens (including phenoxy) is 2. The number of carbonyl (C=O) groups is 3. The predicted octanol–water partition coefficient (Wildman–Crippen LogP) is 5.26. The van der Waals surface area contributed by atoms with Crippen LogP contribution in [0.4, 0.5) is 0 Å². The average molecular weight is 559 g/mol. The van der Waals surface area contributed by atoms with Crippen LogP contribution < -0.4 is 0 Å². The number of benzene rings is 2. The highest BCUT2D eigenvalue weighted by Gasteiger charge is 2.52. The Balaban J connectivity index is 1.51. The van der Waals surface area contributed by atoms with Gasteiger partial charge in [-0.2, -0.15) is 0 Å². The van der Waals surface area contributed by atoms with E-state index in [1.807, 2.05) is 66.7 Å². The second-order valence-electron chi connectivity index (χ2n) is 8.70. The fourth-order valence-electron chi connectivity index (χ4n) is 4.39. The van der Waals surface area contributed by atoms with Gasteiger partial charge in [0.1, 0.15) is 10.4 Å². The second-order valence-corrected chi connectivity index (χ2v) is 10.1. The maximum absolute atomic E-state index is 13.9. The minimum atomic E-state index is -1.13. The van der Waals surface area contributed by atoms with Crippen molar-refractivity contribution in [3.8, 4) is 0 Å². The van der Waals surface area contributed by atoms with Crippen molar-refractivity contribution in [2.24, 2.45) is 0 Å². The van der Waals surface area contributed by atoms with Crippen LogP contribution in [0, 0.1) is 0 Å². The van der Waals surface area contributed by atoms with Gasteiger partial charge in [0.15, 0.2) is 12.1 Å². The number of pyridine rings is 1. The van der Waals surface area contributed by atoms with Gasteiger partial charge in [-0.15, -0.1) is 11.8 Å². The first kappa shape index (κ1) is 26.5. The van der Waals surface area contributed by atoms with E-state index in [-0.39, 0.29) is 10.9 Å². The molecule has 0 N–H and O–H groups in total. The van der Waals surface area contributed by atoms with Gasteiger partial charge in [0.25, 0.3) is 5.91 Å². The van der Waals surface area contributed by atoms with E-state index in [1.165, 1.54) is 29.8 Å². The van der Waals surface area contributed by atoms with Crippen LogP contribution >= 0.6 is 23.4 Å². The summed E-state index contributed by atoms with van der Waals surface area (Å²) in [6.07, 6.45) is 3.99. The number of amides is 1. The Morgan fingerprint density at radius 3 is 2.23 bits per heavy atom. The Morgan fingerprint density at radius 2 is 1.64 bits per heavy atom. The number of nitrogens with zero attached hydrogens (tertiary/aromatic N) is 2. The number of thioether (sulfide) groups is 1. The summed E-state index contributed by atoms with van der Waals surface area (Å²) in [4.78, 5) is 45.0. The van der Waals surface area contributed by atoms with E-state index in [0.717, 1.165) is 11.1 Å². The molecular formula is C30H23ClN2O5S. The summed E-state index contributed by atoms with van der Waals surface area (Å²) in [5, 5.41) is 1.07. The molecule has 0 spiro atoms. The standard InChI is InChI=1S/C30H23ClN2O5S/c1-37-29(35)24(31)16-21-18-39-28-23(17-22-14-8-9-15-32-22)27(34)33(28)25(21)30(36)38-26(19-10-4-2-5-11-19)20-12-6-3-7-13-20/h2-18,25-26,28H,1H3/b23-17-,24-16-/t25-,28-/m1/s1. The zero-order chi connectivity index (χ0) is 27.4. The van der Waals surface area contributed by atoms with Crippen molar-refractivity contribution in [3.05, 3.63) is 130 Å². The second kappa shape index (κ2) is 11.7. The van der Waals surface area contributed by atoms with Gasteiger partial charge < -0.3 is 14.4 Å². The van der Waals surface area contributed by atoms with Crippen molar-refractivity contribution < 1.29 is 23.9 Å². The van der Waals surface area contributed by atoms with Gasteiger partial charge in [-0.05, 0) is 46.4 Å². The number of methoxy groups -OCH3 is 1. The molecule has 1 saturated heterocycles. The average Bonchev–Trinajstić information content (AvgIpc) is 2.99. The number of β-lactam (4-membered cyclic amide) rings is 1. The highest BCUT2D eigenvalue weighted by Crippen LogP contribution is 2.45. The van der Waals surface area contributed by atoms with Crippen LogP contribution in [-0.4, -0.2) is 46.3 Å². The van der Waals surface area contributed by atoms with Crippen LogP contribution in [0.5, 0.6) is 0 Å². The van der Waals surface area contributed by atoms with Crippen molar-refractivity contribution >= 4 is 47.3 Å². The van der Waals surface area contributed by atoms with E-state index in [2.05, 4.69) is 4.98 Å². The summed E-state index contributed by atoms with van der Waals surface area (Å²) in [5.74, 6) is -1.74. The number of halogens is 1. The van der Waals surface area contributed by atoms with E-state index in [1.54, 1.807) is 29.8 Å². The Bertz CT molecular complexity index is 1440. The molecule has 3 aromatic rings. The van der Waals surface area contributed by atoms with Gasteiger partial charge in [0.2, 0.25) is 0 Å². The molecule has 39 heavy (non-hydrogen) atoms. The number of esters is 2. The van der Waals surface area contributed by atoms with Crippen molar-refractivity contribution in [3.63, 3.8) is 0 Å². The van der Waals surface area contributed by atoms with Gasteiger partial charge in [0, 0.05) is 6.20 Å². The molecule has 2 atom stereocenters. The van der Waals surface area contributed by atoms with Crippen LogP contribution in [0.15, 0.2) is 113 Å². The van der Waals surface area contributed by atoms with Crippen LogP contribution in [0.3, 0.4) is 0 Å². The molecule has 2 aliphatic rings. The lowest BCUT2D eigenvalue weighted by molar-refractivity contribution is -0.158. The van der Waals surface area contributed by atoms with Crippen LogP contribution in [0.1, 0.15) is 22.9 Å². The normalized spacial score (nSPS) is 19.7. The lowest BCUT2D eigenvalue weighted by atomic mass is 9.96. The smallest absolute Gasteiger partial charge is 0.349 e. The third-order valence-electron chi connectivity index (χ3n) is 6.25. The number of aromatic nitrogens is 1. The SMILES string of the molecule is COC(=O)/C(Cl)=C/C1=CS[C@@H]2/C(=C\c3ccccn3)C(=O)N2[C@H]1C(=O)OC(c1ccccc1)c1ccccc1. The largest absolute Gasteiger partial charge is 0.465 e. The van der Waals surface area contributed by atoms with Crippen molar-refractivity contribution in [2.75, 3.05) is 7.11 Å². The minimum Gasteiger partial charge on any atom is -0.465 e. The monoisotopic (exact) mass is 558 g/mol. The maximum atomic E-state index is 13.9. The molecule has 196 valence electrons. The molecule has 0 unspecified atom stereocenters. The number of carbonyl (C=O) groups excluding carboxylic acids is 3. The molecule has 1 amide bonds. The molecule has 0 bridgehead atoms. The van der Waals surface area contributed by atoms with E-state index < -0.39 is 29.5 Å². The Morgan fingerprint density at radius 1 is 1.00 bits per heavy atom. The van der Waals surface area contributed by atoms with E-state index in [4.69, 9.17) is 21.1 Å². The van der Waals surface area contributed by atoms with E-state index >= 15 is 0 Å². The zero-order valence-electron chi connectivity index (χ0n) is 20.8. The van der Waals surface area contributed by atoms with E-state index in [9.17, 15) is 14.4 Å². The zero-order valence-corrected chi connectivity index (χ0v) is 22.3. The molecule has 9 heteroatoms. The minimum absolute atomic E-state index is 0.222. The van der Waals surface area contributed by atoms with Crippen LogP contribution in [0.2, 0.25) is 0 Å². The Labute approximate surface area is 234 Å². The molecule has 0 aliphatic carbocycles. The molecule has 5 rings (SSSR count). The third-order valence-corrected chi connectivity index (χ3v) is 7.66. The number of hydrogen-bond donors (Lipinski definition) is 0. The molecule has 2 aromatic carbocycles. The molecule has 1 aromatic heterocycles. The van der Waals surface area contributed by atoms with Crippen LogP contribution in [0.25, 0.3) is 6.08 Å². The van der Waals surface area contributed by atoms with Crippen molar-refractivity contribution in [2.45, 2.75) is 17.5 Å². The molecule has 2 aliphatic heterocycles. The Hall–Kier alpha value is -4.14. The first-order valence-corrected chi connectivity index (χ1v) is 13.4. The molecular weight excluding hydrogens is 536 g/mol. The number of rotatable bonds is 7. The predicted molar refractivity (Wildman–Crippen MR) is 149 cm³/mol. The fourth-order valence-corrected chi connectivity index (χ4v) is 5.74. The molecule has 1 fully saturated rings. The number of fused-ring (bicyclic) bond motifs is 1. The van der Waals surface area contributed by atoms with Gasteiger partial charge in [-0.25, -0.2) is 9.59 Å². The lowest BCUT2D eigenvalue weighted by Gasteiger charge is -2.48. The fraction of sp³-hybridized carbons (Fsp3) is 0.133. The third kappa shape index (κ3) is 5.53. The summed E-state index contributed by atoms with van der Waals surface area (Å²) < 4.78 is 10.8. The van der Waals surface area contributed by atoms with Crippen LogP contribution in [-0.2, 0) is 23.9 Å². The van der Waals surface area contributed by atoms with Gasteiger partial charge >= 0.3 is 11.9 Å². The summed E-state index contributed by atoms with van der Waals surface area (Å²) in [5.41, 5.74) is 3.05. The first-order chi connectivity index (χ1) is 19.0. The molecule has 0 radical (unpaired) electrons. The maximum Gasteiger partial charge on any atom is 0.349 e. The number of hydrogen-bond acceptors (Lipinski definition) is 7. The Kier molecular flexibility index (Phi) is 7.95. The molecule has 3 heterocycles. The molecule has 7 nitrogen and oxygen atoms in total. The van der Waals surface area contributed by atoms with Gasteiger partial charge in [0.05, 0.1) is 18.4 Å². The highest BCUT2D eigenvalue weighted by molar-refractivity contribution is 8.03. The lowest BCUT2D eigenvalue weighted by Crippen LogP contribution is -2.62. The first-order valence-electron chi connectivity index (χ1n) is 12.0. The highest BCUT2D eigenvalue weighted by atomic mass is 35.5. The summed E-state index contributed by atoms with van der Waals surface area (Å²) in [7, 11) is 1.21. The molecule has 0 saturated carbocycles. The van der Waals surface area contributed by atoms with Gasteiger partial charge in [-0.1, -0.05) is 78.3 Å². The summed E-state index contributed by atoms with van der Waals surface area (Å²) in [6.45, 7) is 0. The van der Waals surface area contributed by atoms with Crippen molar-refractivity contribution in [1.82, 2.24) is 9.88 Å². The summed E-state index contributed by atoms with van der Waals surface area (Å²) >= 11 is 7.50. The van der Waals surface area contributed by atoms with Crippen molar-refractivity contribution in [1.29, 1.82) is 0 Å². The van der Waals surface area contributed by atoms with Gasteiger partial charge in [-0.3, -0.25) is 9.78 Å². The summed E-state index contributed by atoms with van der Waals surface area (Å²) in [6, 6.07) is 23.0. The van der Waals surface area contributed by atoms with E-state index in [0.29, 0.717) is 16.8 Å². The topological polar surface area (TPSA) is 85.8 Å².